The quantitative estimate of drug-likeness (QED) is 0.650. The Hall–Kier alpha value is -1.33. The third kappa shape index (κ3) is 1.13. The highest BCUT2D eigenvalue weighted by Crippen LogP contribution is 2.33. The maximum absolute atomic E-state index is 9.59. The lowest BCUT2D eigenvalue weighted by Crippen LogP contribution is -1.94. The lowest BCUT2D eigenvalue weighted by Gasteiger charge is -2.06. The fourth-order valence-electron chi connectivity index (χ4n) is 1.98. The Bertz CT molecular complexity index is 390. The Kier molecular flexibility index (Phi) is 1.82. The second-order valence-electron chi connectivity index (χ2n) is 3.47. The van der Waals surface area contributed by atoms with Gasteiger partial charge in [0.2, 0.25) is 0 Å². The zero-order valence-electron chi connectivity index (χ0n) is 7.54. The minimum absolute atomic E-state index is 0.318. The van der Waals surface area contributed by atoms with E-state index in [9.17, 15) is 5.11 Å². The highest BCUT2D eigenvalue weighted by atomic mass is 16.3. The van der Waals surface area contributed by atoms with Crippen LogP contribution in [0.5, 0.6) is 0 Å². The van der Waals surface area contributed by atoms with E-state index in [-0.39, 0.29) is 6.10 Å². The van der Waals surface area contributed by atoms with E-state index in [0.717, 1.165) is 29.5 Å². The van der Waals surface area contributed by atoms with Crippen molar-refractivity contribution in [3.8, 4) is 6.07 Å². The summed E-state index contributed by atoms with van der Waals surface area (Å²) in [5.74, 6) is 0. The van der Waals surface area contributed by atoms with Crippen LogP contribution in [0.2, 0.25) is 0 Å². The van der Waals surface area contributed by atoms with Crippen molar-refractivity contribution in [3.05, 3.63) is 34.4 Å². The van der Waals surface area contributed by atoms with Crippen LogP contribution >= 0.6 is 0 Å². The number of rotatable bonds is 0. The van der Waals surface area contributed by atoms with E-state index in [2.05, 4.69) is 6.07 Å². The zero-order chi connectivity index (χ0) is 9.42. The fourth-order valence-corrected chi connectivity index (χ4v) is 1.98. The van der Waals surface area contributed by atoms with E-state index in [1.165, 1.54) is 5.56 Å². The van der Waals surface area contributed by atoms with Gasteiger partial charge in [0.05, 0.1) is 17.7 Å². The summed E-state index contributed by atoms with van der Waals surface area (Å²) >= 11 is 0. The first kappa shape index (κ1) is 8.28. The molecule has 66 valence electrons. The molecule has 1 aliphatic carbocycles. The van der Waals surface area contributed by atoms with Crippen molar-refractivity contribution in [3.63, 3.8) is 0 Å². The summed E-state index contributed by atoms with van der Waals surface area (Å²) in [6.07, 6.45) is 1.38. The third-order valence-electron chi connectivity index (χ3n) is 2.78. The molecule has 0 aromatic heterocycles. The van der Waals surface area contributed by atoms with E-state index < -0.39 is 0 Å². The molecule has 1 unspecified atom stereocenters. The summed E-state index contributed by atoms with van der Waals surface area (Å²) in [5.41, 5.74) is 3.95. The molecule has 0 amide bonds. The maximum atomic E-state index is 9.59. The molecule has 1 aromatic rings. The minimum Gasteiger partial charge on any atom is -0.388 e. The standard InChI is InChI=1S/C11H11NO/c1-7-8(6-12)2-3-10-9(7)4-5-11(10)13/h2-3,11,13H,4-5H2,1H3. The molecule has 0 saturated heterocycles. The summed E-state index contributed by atoms with van der Waals surface area (Å²) in [5, 5.41) is 18.4. The predicted octanol–water partition coefficient (Wildman–Crippen LogP) is 1.85. The number of hydrogen-bond acceptors (Lipinski definition) is 2. The van der Waals surface area contributed by atoms with E-state index in [1.54, 1.807) is 6.07 Å². The van der Waals surface area contributed by atoms with Crippen molar-refractivity contribution in [2.75, 3.05) is 0 Å². The summed E-state index contributed by atoms with van der Waals surface area (Å²) in [6.45, 7) is 1.95. The summed E-state index contributed by atoms with van der Waals surface area (Å²) in [4.78, 5) is 0. The minimum atomic E-state index is -0.318. The van der Waals surface area contributed by atoms with Crippen LogP contribution in [0.4, 0.5) is 0 Å². The largest absolute Gasteiger partial charge is 0.388 e. The third-order valence-corrected chi connectivity index (χ3v) is 2.78. The molecule has 0 fully saturated rings. The second-order valence-corrected chi connectivity index (χ2v) is 3.47. The SMILES string of the molecule is Cc1c(C#N)ccc2c1CCC2O. The molecule has 0 saturated carbocycles. The topological polar surface area (TPSA) is 44.0 Å². The van der Waals surface area contributed by atoms with Crippen molar-refractivity contribution in [2.24, 2.45) is 0 Å². The molecule has 13 heavy (non-hydrogen) atoms. The molecular weight excluding hydrogens is 162 g/mol. The molecule has 1 atom stereocenters. The first-order valence-electron chi connectivity index (χ1n) is 4.44. The van der Waals surface area contributed by atoms with E-state index >= 15 is 0 Å². The Labute approximate surface area is 77.4 Å². The van der Waals surface area contributed by atoms with Gasteiger partial charge in [0, 0.05) is 0 Å². The van der Waals surface area contributed by atoms with Gasteiger partial charge in [-0.15, -0.1) is 0 Å². The normalized spacial score (nSPS) is 19.6. The number of hydrogen-bond donors (Lipinski definition) is 1. The smallest absolute Gasteiger partial charge is 0.0994 e. The highest BCUT2D eigenvalue weighted by molar-refractivity contribution is 5.48. The monoisotopic (exact) mass is 173 g/mol. The van der Waals surface area contributed by atoms with Gasteiger partial charge in [-0.2, -0.15) is 5.26 Å². The molecule has 2 nitrogen and oxygen atoms in total. The zero-order valence-corrected chi connectivity index (χ0v) is 7.54. The van der Waals surface area contributed by atoms with Crippen LogP contribution in [0.15, 0.2) is 12.1 Å². The Balaban J connectivity index is 2.62. The molecule has 0 spiro atoms. The van der Waals surface area contributed by atoms with Gasteiger partial charge in [0.15, 0.2) is 0 Å². The summed E-state index contributed by atoms with van der Waals surface area (Å²) in [7, 11) is 0. The number of aliphatic hydroxyl groups is 1. The van der Waals surface area contributed by atoms with Crippen LogP contribution in [0.3, 0.4) is 0 Å². The van der Waals surface area contributed by atoms with E-state index in [1.807, 2.05) is 13.0 Å². The van der Waals surface area contributed by atoms with Crippen molar-refractivity contribution in [1.82, 2.24) is 0 Å². The lowest BCUT2D eigenvalue weighted by atomic mass is 9.99. The molecular formula is C11H11NO. The maximum Gasteiger partial charge on any atom is 0.0994 e. The molecule has 2 rings (SSSR count). The average Bonchev–Trinajstić information content (AvgIpc) is 2.50. The molecule has 1 aliphatic rings. The van der Waals surface area contributed by atoms with Crippen molar-refractivity contribution in [1.29, 1.82) is 5.26 Å². The molecule has 2 heteroatoms. The van der Waals surface area contributed by atoms with Gasteiger partial charge in [-0.3, -0.25) is 0 Å². The fraction of sp³-hybridized carbons (Fsp3) is 0.364. The second kappa shape index (κ2) is 2.86. The van der Waals surface area contributed by atoms with Crippen molar-refractivity contribution >= 4 is 0 Å². The van der Waals surface area contributed by atoms with Gasteiger partial charge >= 0.3 is 0 Å². The van der Waals surface area contributed by atoms with Gasteiger partial charge < -0.3 is 5.11 Å². The van der Waals surface area contributed by atoms with Gasteiger partial charge in [-0.05, 0) is 42.5 Å². The molecule has 0 aliphatic heterocycles. The number of benzene rings is 1. The molecule has 1 N–H and O–H groups in total. The van der Waals surface area contributed by atoms with Crippen LogP contribution in [0.1, 0.15) is 34.8 Å². The summed E-state index contributed by atoms with van der Waals surface area (Å²) in [6, 6.07) is 5.83. The van der Waals surface area contributed by atoms with Crippen LogP contribution < -0.4 is 0 Å². The lowest BCUT2D eigenvalue weighted by molar-refractivity contribution is 0.180. The van der Waals surface area contributed by atoms with Gasteiger partial charge in [0.25, 0.3) is 0 Å². The molecule has 0 bridgehead atoms. The van der Waals surface area contributed by atoms with Gasteiger partial charge in [-0.25, -0.2) is 0 Å². The van der Waals surface area contributed by atoms with Crippen molar-refractivity contribution < 1.29 is 5.11 Å². The Morgan fingerprint density at radius 2 is 2.31 bits per heavy atom. The van der Waals surface area contributed by atoms with Crippen LogP contribution in [-0.4, -0.2) is 5.11 Å². The number of nitrogens with zero attached hydrogens (tertiary/aromatic N) is 1. The van der Waals surface area contributed by atoms with E-state index in [0.29, 0.717) is 0 Å². The number of aliphatic hydroxyl groups excluding tert-OH is 1. The highest BCUT2D eigenvalue weighted by Gasteiger charge is 2.22. The molecule has 0 heterocycles. The summed E-state index contributed by atoms with van der Waals surface area (Å²) < 4.78 is 0. The van der Waals surface area contributed by atoms with Crippen molar-refractivity contribution in [2.45, 2.75) is 25.9 Å². The molecule has 0 radical (unpaired) electrons. The predicted molar refractivity (Wildman–Crippen MR) is 49.2 cm³/mol. The number of nitriles is 1. The molecule has 1 aromatic carbocycles. The van der Waals surface area contributed by atoms with Crippen LogP contribution in [0, 0.1) is 18.3 Å². The first-order chi connectivity index (χ1) is 6.24. The van der Waals surface area contributed by atoms with Gasteiger partial charge in [0.1, 0.15) is 0 Å². The van der Waals surface area contributed by atoms with Crippen LogP contribution in [-0.2, 0) is 6.42 Å². The first-order valence-corrected chi connectivity index (χ1v) is 4.44. The Morgan fingerprint density at radius 3 is 3.00 bits per heavy atom. The van der Waals surface area contributed by atoms with E-state index in [4.69, 9.17) is 5.26 Å². The van der Waals surface area contributed by atoms with Crippen LogP contribution in [0.25, 0.3) is 0 Å². The Morgan fingerprint density at radius 1 is 1.54 bits per heavy atom. The number of fused-ring (bicyclic) bond motifs is 1. The van der Waals surface area contributed by atoms with Gasteiger partial charge in [-0.1, -0.05) is 6.07 Å². The average molecular weight is 173 g/mol.